The number of hydrogen-bond acceptors (Lipinski definition) is 7. The summed E-state index contributed by atoms with van der Waals surface area (Å²) in [6.45, 7) is 19.0. The van der Waals surface area contributed by atoms with Crippen LogP contribution in [0.2, 0.25) is 19.6 Å². The fraction of sp³-hybridized carbons (Fsp3) is 0.771. The van der Waals surface area contributed by atoms with Crippen molar-refractivity contribution in [3.63, 3.8) is 0 Å². The highest BCUT2D eigenvalue weighted by Gasteiger charge is 2.61. The Labute approximate surface area is 267 Å². The highest BCUT2D eigenvalue weighted by Crippen LogP contribution is 2.49. The van der Waals surface area contributed by atoms with Crippen molar-refractivity contribution >= 4 is 19.8 Å². The predicted molar refractivity (Wildman–Crippen MR) is 179 cm³/mol. The lowest BCUT2D eigenvalue weighted by molar-refractivity contribution is -0.384. The topological polar surface area (TPSA) is 55.4 Å². The van der Waals surface area contributed by atoms with Gasteiger partial charge in [-0.1, -0.05) is 78.9 Å². The molecule has 2 aliphatic heterocycles. The first kappa shape index (κ1) is 36.6. The molecule has 6 nitrogen and oxygen atoms in total. The van der Waals surface area contributed by atoms with Crippen molar-refractivity contribution in [2.45, 2.75) is 140 Å². The van der Waals surface area contributed by atoms with Crippen molar-refractivity contribution in [2.24, 2.45) is 0 Å². The Morgan fingerprint density at radius 2 is 1.47 bits per heavy atom. The van der Waals surface area contributed by atoms with Crippen LogP contribution < -0.4 is 0 Å². The number of fused-ring (bicyclic) bond motifs is 2. The number of hydrogen-bond donors (Lipinski definition) is 0. The van der Waals surface area contributed by atoms with E-state index in [2.05, 4.69) is 77.2 Å². The zero-order valence-electron chi connectivity index (χ0n) is 28.2. The molecule has 0 N–H and O–H groups in total. The minimum Gasteiger partial charge on any atom is -0.379 e. The second kappa shape index (κ2) is 18.3. The summed E-state index contributed by atoms with van der Waals surface area (Å²) in [4.78, 5) is 1.17. The van der Waals surface area contributed by atoms with Gasteiger partial charge < -0.3 is 28.4 Å². The number of unbranched alkanes of at least 4 members (excludes halogenated alkanes) is 4. The van der Waals surface area contributed by atoms with E-state index in [1.807, 2.05) is 0 Å². The molecule has 2 aliphatic rings. The lowest BCUT2D eigenvalue weighted by Gasteiger charge is -2.51. The molecule has 8 heteroatoms. The molecule has 1 fully saturated rings. The van der Waals surface area contributed by atoms with Crippen LogP contribution in [0, 0.1) is 11.5 Å². The van der Waals surface area contributed by atoms with E-state index in [1.165, 1.54) is 4.90 Å². The summed E-state index contributed by atoms with van der Waals surface area (Å²) >= 11 is 1.73. The Balaban J connectivity index is 2.14. The summed E-state index contributed by atoms with van der Waals surface area (Å²) in [5, 5.41) is 0. The Hall–Kier alpha value is -0.893. The smallest absolute Gasteiger partial charge is 0.226 e. The van der Waals surface area contributed by atoms with Gasteiger partial charge in [0.15, 0.2) is 0 Å². The average Bonchev–Trinajstić information content (AvgIpc) is 3.33. The summed E-state index contributed by atoms with van der Waals surface area (Å²) in [6.07, 6.45) is 8.69. The Kier molecular flexibility index (Phi) is 15.6. The first-order valence-corrected chi connectivity index (χ1v) is 21.5. The van der Waals surface area contributed by atoms with Crippen LogP contribution in [-0.2, 0) is 40.8 Å². The molecule has 43 heavy (non-hydrogen) atoms. The predicted octanol–water partition coefficient (Wildman–Crippen LogP) is 8.09. The number of ether oxygens (including phenoxy) is 6. The van der Waals surface area contributed by atoms with Crippen LogP contribution in [0.15, 0.2) is 17.0 Å². The number of benzene rings is 1. The van der Waals surface area contributed by atoms with Crippen molar-refractivity contribution in [3.05, 3.63) is 28.8 Å². The van der Waals surface area contributed by atoms with E-state index in [0.717, 1.165) is 68.1 Å². The lowest BCUT2D eigenvalue weighted by Crippen LogP contribution is -2.66. The second-order valence-corrected chi connectivity index (χ2v) is 18.4. The molecular weight excluding hydrogens is 577 g/mol. The summed E-state index contributed by atoms with van der Waals surface area (Å²) < 4.78 is 40.2. The Morgan fingerprint density at radius 3 is 2.07 bits per heavy atom. The van der Waals surface area contributed by atoms with E-state index in [-0.39, 0.29) is 18.3 Å². The first-order chi connectivity index (χ1) is 20.7. The highest BCUT2D eigenvalue weighted by molar-refractivity contribution is 7.98. The van der Waals surface area contributed by atoms with Gasteiger partial charge in [0.05, 0.1) is 13.2 Å². The van der Waals surface area contributed by atoms with Crippen LogP contribution in [0.1, 0.15) is 95.8 Å². The van der Waals surface area contributed by atoms with Crippen LogP contribution in [0.25, 0.3) is 0 Å². The third kappa shape index (κ3) is 10.0. The molecule has 0 aliphatic carbocycles. The van der Waals surface area contributed by atoms with Crippen LogP contribution >= 0.6 is 11.8 Å². The van der Waals surface area contributed by atoms with Crippen LogP contribution in [0.4, 0.5) is 0 Å². The fourth-order valence-corrected chi connectivity index (χ4v) is 6.49. The second-order valence-electron chi connectivity index (χ2n) is 12.8. The van der Waals surface area contributed by atoms with E-state index in [4.69, 9.17) is 28.4 Å². The molecule has 0 aromatic heterocycles. The molecule has 244 valence electrons. The quantitative estimate of drug-likeness (QED) is 0.0700. The SMILES string of the molecule is CCCCOC[C@H]1O[C@]2(OCc3cc(SC)c(C#C[Si](C)(C)C)cc32)[C@H](OCCCC)[C@@H](OCCCC)[C@@H]1OCCCC. The molecule has 1 saturated heterocycles. The minimum absolute atomic E-state index is 0.327. The molecule has 0 unspecified atom stereocenters. The van der Waals surface area contributed by atoms with Crippen molar-refractivity contribution in [3.8, 4) is 11.5 Å². The van der Waals surface area contributed by atoms with Gasteiger partial charge in [-0.25, -0.2) is 0 Å². The van der Waals surface area contributed by atoms with Crippen molar-refractivity contribution in [1.29, 1.82) is 0 Å². The van der Waals surface area contributed by atoms with E-state index >= 15 is 0 Å². The summed E-state index contributed by atoms with van der Waals surface area (Å²) in [5.41, 5.74) is 6.72. The molecule has 1 aromatic carbocycles. The molecule has 3 rings (SSSR count). The van der Waals surface area contributed by atoms with Crippen molar-refractivity contribution < 1.29 is 28.4 Å². The first-order valence-electron chi connectivity index (χ1n) is 16.7. The normalized spacial score (nSPS) is 25.1. The van der Waals surface area contributed by atoms with E-state index in [9.17, 15) is 0 Å². The molecule has 0 radical (unpaired) electrons. The largest absolute Gasteiger partial charge is 0.379 e. The van der Waals surface area contributed by atoms with Gasteiger partial charge in [0.2, 0.25) is 5.79 Å². The summed E-state index contributed by atoms with van der Waals surface area (Å²) in [7, 11) is -1.58. The van der Waals surface area contributed by atoms with E-state index < -0.39 is 20.0 Å². The standard InChI is InChI=1S/C35H58O6SSi/c1-9-13-18-36-26-30-32(37-19-14-10-2)33(38-20-15-11-3)34(39-21-16-12-4)35(41-30)29-23-27(17-22-43(6,7)8)31(42-5)24-28(29)25-40-35/h23-24,30,32-34H,9-16,18-21,25-26H2,1-8H3/t30-,32-,33+,34-,35+/m1/s1. The lowest BCUT2D eigenvalue weighted by atomic mass is 9.86. The van der Waals surface area contributed by atoms with E-state index in [1.54, 1.807) is 11.8 Å². The van der Waals surface area contributed by atoms with Gasteiger partial charge in [-0.15, -0.1) is 17.3 Å². The Morgan fingerprint density at radius 1 is 0.860 bits per heavy atom. The van der Waals surface area contributed by atoms with Gasteiger partial charge in [0, 0.05) is 42.4 Å². The maximum absolute atomic E-state index is 7.12. The summed E-state index contributed by atoms with van der Waals surface area (Å²) in [5.74, 6) is 2.41. The number of rotatable bonds is 18. The van der Waals surface area contributed by atoms with Gasteiger partial charge in [0.1, 0.15) is 32.5 Å². The van der Waals surface area contributed by atoms with Crippen LogP contribution in [0.5, 0.6) is 0 Å². The zero-order valence-corrected chi connectivity index (χ0v) is 30.0. The van der Waals surface area contributed by atoms with Gasteiger partial charge in [0.25, 0.3) is 0 Å². The molecule has 1 aromatic rings. The van der Waals surface area contributed by atoms with E-state index in [0.29, 0.717) is 39.6 Å². The third-order valence-electron chi connectivity index (χ3n) is 7.84. The molecule has 0 amide bonds. The zero-order chi connectivity index (χ0) is 31.3. The van der Waals surface area contributed by atoms with Crippen molar-refractivity contribution in [2.75, 3.05) is 39.3 Å². The molecular formula is C35H58O6SSi. The van der Waals surface area contributed by atoms with Gasteiger partial charge in [-0.05, 0) is 49.6 Å². The van der Waals surface area contributed by atoms with Gasteiger partial charge in [-0.2, -0.15) is 0 Å². The third-order valence-corrected chi connectivity index (χ3v) is 9.49. The minimum atomic E-state index is -1.58. The molecule has 0 bridgehead atoms. The number of thioether (sulfide) groups is 1. The molecule has 0 saturated carbocycles. The van der Waals surface area contributed by atoms with Crippen molar-refractivity contribution in [1.82, 2.24) is 0 Å². The van der Waals surface area contributed by atoms with Crippen LogP contribution in [0.3, 0.4) is 0 Å². The molecule has 5 atom stereocenters. The monoisotopic (exact) mass is 634 g/mol. The molecule has 1 spiro atoms. The highest BCUT2D eigenvalue weighted by atomic mass is 32.2. The van der Waals surface area contributed by atoms with Crippen LogP contribution in [-0.4, -0.2) is 71.8 Å². The average molecular weight is 635 g/mol. The maximum Gasteiger partial charge on any atom is 0.226 e. The van der Waals surface area contributed by atoms with Gasteiger partial charge in [-0.3, -0.25) is 0 Å². The fourth-order valence-electron chi connectivity index (χ4n) is 5.39. The Bertz CT molecular complexity index is 1030. The van der Waals surface area contributed by atoms with Gasteiger partial charge >= 0.3 is 0 Å². The summed E-state index contributed by atoms with van der Waals surface area (Å²) in [6, 6.07) is 4.44. The molecule has 2 heterocycles. The maximum atomic E-state index is 7.12.